The smallest absolute Gasteiger partial charge is 0.257 e. The second kappa shape index (κ2) is 12.9. The van der Waals surface area contributed by atoms with Crippen LogP contribution in [0.15, 0.2) is 60.7 Å². The van der Waals surface area contributed by atoms with Crippen LogP contribution in [0.4, 0.5) is 34.6 Å². The molecule has 8 N–H and O–H groups in total. The molecule has 12 nitrogen and oxygen atoms in total. The van der Waals surface area contributed by atoms with Gasteiger partial charge in [-0.1, -0.05) is 58.5 Å². The molecule has 7 rings (SSSR count). The van der Waals surface area contributed by atoms with E-state index in [4.69, 9.17) is 57.9 Å². The summed E-state index contributed by atoms with van der Waals surface area (Å²) in [5.74, 6) is 0.252. The van der Waals surface area contributed by atoms with Gasteiger partial charge in [0.25, 0.3) is 11.8 Å². The molecule has 1 aliphatic rings. The van der Waals surface area contributed by atoms with Crippen LogP contribution >= 0.6 is 46.4 Å². The van der Waals surface area contributed by atoms with Crippen molar-refractivity contribution in [3.63, 3.8) is 0 Å². The normalized spacial score (nSPS) is 13.3. The molecule has 16 heteroatoms. The first-order valence-electron chi connectivity index (χ1n) is 14.7. The first-order valence-corrected chi connectivity index (χ1v) is 16.2. The Balaban J connectivity index is 0.000000171. The standard InChI is InChI=1S/C18H17Cl2N5O.C15H13Cl2N5O/c1-18(2)23-11-7-8-12-15(13(11)16(26)24-18)25(3)17(21-12)22-14-9(19)5-4-6-10(14)20;1-22-13-10(6-5-9(18)11(13)14(19)23)20-15(22)21-12-7(16)3-2-4-8(12)17/h4-8,23H,1-3H3,(H,21,22)(H,24,26);2-6H,18H2,1H3,(H2,19,23)(H,20,21). The summed E-state index contributed by atoms with van der Waals surface area (Å²) in [6.45, 7) is 3.82. The van der Waals surface area contributed by atoms with E-state index in [0.717, 1.165) is 11.2 Å². The van der Waals surface area contributed by atoms with E-state index in [1.807, 2.05) is 37.6 Å². The number of primary amides is 1. The molecular weight excluding hydrogens is 710 g/mol. The van der Waals surface area contributed by atoms with Crippen LogP contribution < -0.4 is 32.7 Å². The summed E-state index contributed by atoms with van der Waals surface area (Å²) >= 11 is 24.8. The lowest BCUT2D eigenvalue weighted by Gasteiger charge is -2.34. The molecule has 0 radical (unpaired) electrons. The highest BCUT2D eigenvalue weighted by Crippen LogP contribution is 2.37. The molecule has 2 amide bonds. The second-order valence-corrected chi connectivity index (χ2v) is 13.4. The van der Waals surface area contributed by atoms with Crippen LogP contribution in [0.1, 0.15) is 34.6 Å². The first-order chi connectivity index (χ1) is 23.2. The van der Waals surface area contributed by atoms with Gasteiger partial charge in [-0.15, -0.1) is 0 Å². The highest BCUT2D eigenvalue weighted by Gasteiger charge is 2.32. The summed E-state index contributed by atoms with van der Waals surface area (Å²) in [5.41, 5.74) is 16.3. The number of nitrogens with two attached hydrogens (primary N) is 2. The van der Waals surface area contributed by atoms with E-state index >= 15 is 0 Å². The molecule has 0 bridgehead atoms. The third-order valence-electron chi connectivity index (χ3n) is 7.85. The monoisotopic (exact) mass is 738 g/mol. The van der Waals surface area contributed by atoms with E-state index in [2.05, 4.69) is 31.2 Å². The number of aromatic nitrogens is 4. The van der Waals surface area contributed by atoms with E-state index in [-0.39, 0.29) is 11.5 Å². The number of nitrogen functional groups attached to an aromatic ring is 1. The lowest BCUT2D eigenvalue weighted by atomic mass is 10.0. The van der Waals surface area contributed by atoms with Gasteiger partial charge in [-0.2, -0.15) is 0 Å². The largest absolute Gasteiger partial charge is 0.398 e. The van der Waals surface area contributed by atoms with Crippen molar-refractivity contribution >= 4 is 115 Å². The van der Waals surface area contributed by atoms with Crippen LogP contribution in [-0.4, -0.2) is 36.6 Å². The van der Waals surface area contributed by atoms with Gasteiger partial charge in [0.2, 0.25) is 11.9 Å². The zero-order valence-electron chi connectivity index (χ0n) is 26.5. The molecule has 0 spiro atoms. The predicted molar refractivity (Wildman–Crippen MR) is 199 cm³/mol. The Morgan fingerprint density at radius 3 is 1.73 bits per heavy atom. The zero-order valence-corrected chi connectivity index (χ0v) is 29.6. The molecular formula is C33H30Cl4N10O2. The fourth-order valence-electron chi connectivity index (χ4n) is 5.61. The van der Waals surface area contributed by atoms with Gasteiger partial charge in [-0.05, 0) is 62.4 Å². The average Bonchev–Trinajstić information content (AvgIpc) is 3.51. The van der Waals surface area contributed by atoms with Gasteiger partial charge in [0.05, 0.1) is 70.3 Å². The van der Waals surface area contributed by atoms with Crippen LogP contribution in [0.5, 0.6) is 0 Å². The summed E-state index contributed by atoms with van der Waals surface area (Å²) in [6, 6.07) is 17.5. The Labute approximate surface area is 300 Å². The molecule has 0 saturated carbocycles. The van der Waals surface area contributed by atoms with Crippen molar-refractivity contribution in [3.05, 3.63) is 91.9 Å². The maximum atomic E-state index is 12.7. The summed E-state index contributed by atoms with van der Waals surface area (Å²) < 4.78 is 3.51. The third-order valence-corrected chi connectivity index (χ3v) is 9.11. The van der Waals surface area contributed by atoms with Crippen molar-refractivity contribution in [2.75, 3.05) is 21.7 Å². The van der Waals surface area contributed by atoms with Gasteiger partial charge in [-0.3, -0.25) is 9.59 Å². The number of para-hydroxylation sites is 2. The van der Waals surface area contributed by atoms with Gasteiger partial charge in [0.1, 0.15) is 5.66 Å². The van der Waals surface area contributed by atoms with E-state index in [0.29, 0.717) is 71.2 Å². The molecule has 0 unspecified atom stereocenters. The Morgan fingerprint density at radius 2 is 1.22 bits per heavy atom. The SMILES string of the molecule is Cn1c(Nc2c(Cl)cccc2Cl)nc2ccc(N)c(C(N)=O)c21.Cn1c(Nc2c(Cl)cccc2Cl)nc2ccc3c(c21)C(=O)NC(C)(C)N3. The first kappa shape index (κ1) is 34.0. The molecule has 0 aliphatic carbocycles. The van der Waals surface area contributed by atoms with Crippen LogP contribution in [0, 0.1) is 0 Å². The fourth-order valence-corrected chi connectivity index (χ4v) is 6.60. The molecule has 0 atom stereocenters. The molecule has 4 aromatic carbocycles. The zero-order chi connectivity index (χ0) is 35.4. The van der Waals surface area contributed by atoms with E-state index in [1.165, 1.54) is 0 Å². The number of amides is 2. The summed E-state index contributed by atoms with van der Waals surface area (Å²) in [7, 11) is 3.59. The maximum absolute atomic E-state index is 12.7. The van der Waals surface area contributed by atoms with Crippen LogP contribution in [-0.2, 0) is 14.1 Å². The Morgan fingerprint density at radius 1 is 0.755 bits per heavy atom. The van der Waals surface area contributed by atoms with Gasteiger partial charge in [0.15, 0.2) is 0 Å². The van der Waals surface area contributed by atoms with Crippen LogP contribution in [0.3, 0.4) is 0 Å². The van der Waals surface area contributed by atoms with Crippen molar-refractivity contribution in [2.45, 2.75) is 19.5 Å². The molecule has 49 heavy (non-hydrogen) atoms. The van der Waals surface area contributed by atoms with E-state index < -0.39 is 11.6 Å². The third kappa shape index (κ3) is 6.35. The molecule has 0 fully saturated rings. The average molecular weight is 740 g/mol. The van der Waals surface area contributed by atoms with Crippen LogP contribution in [0.25, 0.3) is 22.1 Å². The number of benzene rings is 4. The van der Waals surface area contributed by atoms with Gasteiger partial charge >= 0.3 is 0 Å². The molecule has 0 saturated heterocycles. The summed E-state index contributed by atoms with van der Waals surface area (Å²) in [5, 5.41) is 14.4. The minimum absolute atomic E-state index is 0.139. The van der Waals surface area contributed by atoms with Crippen molar-refractivity contribution in [3.8, 4) is 0 Å². The van der Waals surface area contributed by atoms with Crippen molar-refractivity contribution in [1.82, 2.24) is 24.4 Å². The lowest BCUT2D eigenvalue weighted by Crippen LogP contribution is -2.53. The van der Waals surface area contributed by atoms with Gasteiger partial charge < -0.3 is 41.9 Å². The number of carbonyl (C=O) groups excluding carboxylic acids is 2. The number of aryl methyl sites for hydroxylation is 2. The highest BCUT2D eigenvalue weighted by atomic mass is 35.5. The number of hydrogen-bond acceptors (Lipinski definition) is 8. The quantitative estimate of drug-likeness (QED) is 0.0973. The van der Waals surface area contributed by atoms with Gasteiger partial charge in [-0.25, -0.2) is 9.97 Å². The highest BCUT2D eigenvalue weighted by molar-refractivity contribution is 6.40. The number of carbonyl (C=O) groups is 2. The van der Waals surface area contributed by atoms with Crippen molar-refractivity contribution < 1.29 is 9.59 Å². The topological polar surface area (TPSA) is 170 Å². The van der Waals surface area contributed by atoms with E-state index in [9.17, 15) is 9.59 Å². The number of imidazole rings is 2. The molecule has 252 valence electrons. The minimum atomic E-state index is -0.613. The van der Waals surface area contributed by atoms with Crippen molar-refractivity contribution in [2.24, 2.45) is 19.8 Å². The second-order valence-electron chi connectivity index (χ2n) is 11.8. The minimum Gasteiger partial charge on any atom is -0.398 e. The fraction of sp³-hybridized carbons (Fsp3) is 0.152. The Bertz CT molecular complexity index is 2270. The summed E-state index contributed by atoms with van der Waals surface area (Å²) in [6.07, 6.45) is 0. The number of anilines is 6. The lowest BCUT2D eigenvalue weighted by molar-refractivity contribution is 0.0914. The number of rotatable bonds is 5. The van der Waals surface area contributed by atoms with E-state index in [1.54, 1.807) is 60.1 Å². The number of halogens is 4. The predicted octanol–water partition coefficient (Wildman–Crippen LogP) is 7.82. The number of nitrogens with one attached hydrogen (secondary N) is 4. The molecule has 6 aromatic rings. The summed E-state index contributed by atoms with van der Waals surface area (Å²) in [4.78, 5) is 33.4. The Hall–Kier alpha value is -4.88. The van der Waals surface area contributed by atoms with Crippen LogP contribution in [0.2, 0.25) is 20.1 Å². The van der Waals surface area contributed by atoms with Crippen molar-refractivity contribution in [1.29, 1.82) is 0 Å². The number of hydrogen-bond donors (Lipinski definition) is 6. The van der Waals surface area contributed by atoms with Gasteiger partial charge in [0, 0.05) is 19.8 Å². The number of nitrogens with zero attached hydrogens (tertiary/aromatic N) is 4. The molecule has 2 aromatic heterocycles. The molecule has 1 aliphatic heterocycles. The number of fused-ring (bicyclic) bond motifs is 4. The molecule has 3 heterocycles. The maximum Gasteiger partial charge on any atom is 0.257 e. The Kier molecular flexibility index (Phi) is 8.92.